The molecule has 2 aliphatic rings. The highest BCUT2D eigenvalue weighted by Crippen LogP contribution is 2.30. The summed E-state index contributed by atoms with van der Waals surface area (Å²) in [5.41, 5.74) is 0. The molecule has 0 unspecified atom stereocenters. The maximum Gasteiger partial charge on any atom is 0.0540 e. The zero-order valence-electron chi connectivity index (χ0n) is 10.7. The normalized spacial score (nSPS) is 31.7. The molecule has 0 radical (unpaired) electrons. The first-order valence-corrected chi connectivity index (χ1v) is 7.10. The number of hydrogen-bond donors (Lipinski definition) is 1. The Labute approximate surface area is 100 Å². The molecule has 1 N–H and O–H groups in total. The number of hydrogen-bond acceptors (Lipinski definition) is 2. The molecule has 0 heterocycles. The molecule has 0 aromatic rings. The molecular weight excluding hydrogens is 198 g/mol. The molecule has 0 aromatic heterocycles. The molecule has 2 nitrogen and oxygen atoms in total. The summed E-state index contributed by atoms with van der Waals surface area (Å²) in [5, 5.41) is 9.46. The van der Waals surface area contributed by atoms with E-state index in [1.165, 1.54) is 51.6 Å². The Kier molecular flexibility index (Phi) is 4.66. The molecule has 0 atom stereocenters. The van der Waals surface area contributed by atoms with E-state index in [1.54, 1.807) is 0 Å². The van der Waals surface area contributed by atoms with Gasteiger partial charge in [0.2, 0.25) is 0 Å². The van der Waals surface area contributed by atoms with Gasteiger partial charge in [-0.3, -0.25) is 0 Å². The van der Waals surface area contributed by atoms with Crippen LogP contribution in [0.5, 0.6) is 0 Å². The predicted molar refractivity (Wildman–Crippen MR) is 67.4 cm³/mol. The molecule has 0 saturated heterocycles. The van der Waals surface area contributed by atoms with E-state index in [4.69, 9.17) is 0 Å². The summed E-state index contributed by atoms with van der Waals surface area (Å²) in [4.78, 5) is 2.51. The van der Waals surface area contributed by atoms with Gasteiger partial charge in [-0.05, 0) is 57.5 Å². The summed E-state index contributed by atoms with van der Waals surface area (Å²) in [5.74, 6) is 1.88. The quantitative estimate of drug-likeness (QED) is 0.777. The van der Waals surface area contributed by atoms with Gasteiger partial charge in [-0.2, -0.15) is 0 Å². The average molecular weight is 225 g/mol. The Bertz CT molecular complexity index is 195. The minimum absolute atomic E-state index is 0.00321. The van der Waals surface area contributed by atoms with Crippen LogP contribution in [0.15, 0.2) is 0 Å². The molecule has 0 spiro atoms. The number of aliphatic hydroxyl groups excluding tert-OH is 1. The second kappa shape index (κ2) is 6.02. The van der Waals surface area contributed by atoms with Gasteiger partial charge in [-0.15, -0.1) is 0 Å². The largest absolute Gasteiger partial charge is 0.393 e. The van der Waals surface area contributed by atoms with Crippen molar-refractivity contribution in [1.29, 1.82) is 0 Å². The first kappa shape index (κ1) is 12.4. The van der Waals surface area contributed by atoms with Gasteiger partial charge in [0.15, 0.2) is 0 Å². The molecule has 2 aliphatic carbocycles. The van der Waals surface area contributed by atoms with Gasteiger partial charge < -0.3 is 10.0 Å². The Balaban J connectivity index is 1.57. The van der Waals surface area contributed by atoms with Crippen molar-refractivity contribution in [3.05, 3.63) is 0 Å². The van der Waals surface area contributed by atoms with Crippen LogP contribution in [-0.4, -0.2) is 36.2 Å². The van der Waals surface area contributed by atoms with Gasteiger partial charge in [0.25, 0.3) is 0 Å². The Morgan fingerprint density at radius 1 is 1.00 bits per heavy atom. The first-order chi connectivity index (χ1) is 7.74. The van der Waals surface area contributed by atoms with Crippen LogP contribution < -0.4 is 0 Å². The third-order valence-electron chi connectivity index (χ3n) is 4.53. The lowest BCUT2D eigenvalue weighted by Crippen LogP contribution is -2.31. The van der Waals surface area contributed by atoms with Gasteiger partial charge >= 0.3 is 0 Å². The van der Waals surface area contributed by atoms with Crippen LogP contribution in [0.1, 0.15) is 51.4 Å². The summed E-state index contributed by atoms with van der Waals surface area (Å²) in [6.07, 6.45) is 10.3. The van der Waals surface area contributed by atoms with Crippen molar-refractivity contribution in [1.82, 2.24) is 4.90 Å². The van der Waals surface area contributed by atoms with E-state index >= 15 is 0 Å². The molecule has 94 valence electrons. The second-order valence-corrected chi connectivity index (χ2v) is 6.02. The monoisotopic (exact) mass is 225 g/mol. The molecule has 2 saturated carbocycles. The smallest absolute Gasteiger partial charge is 0.0540 e. The summed E-state index contributed by atoms with van der Waals surface area (Å²) in [6.45, 7) is 2.53. The van der Waals surface area contributed by atoms with Crippen LogP contribution in [0.2, 0.25) is 0 Å². The Hall–Kier alpha value is -0.0800. The van der Waals surface area contributed by atoms with Gasteiger partial charge in [0, 0.05) is 6.54 Å². The first-order valence-electron chi connectivity index (χ1n) is 7.10. The fourth-order valence-corrected chi connectivity index (χ4v) is 3.04. The average Bonchev–Trinajstić information content (AvgIpc) is 2.19. The fraction of sp³-hybridized carbons (Fsp3) is 1.00. The van der Waals surface area contributed by atoms with Gasteiger partial charge in [-0.25, -0.2) is 0 Å². The lowest BCUT2D eigenvalue weighted by Gasteiger charge is -2.31. The van der Waals surface area contributed by atoms with Crippen LogP contribution in [-0.2, 0) is 0 Å². The molecule has 0 amide bonds. The molecule has 0 bridgehead atoms. The van der Waals surface area contributed by atoms with Crippen molar-refractivity contribution in [2.24, 2.45) is 11.8 Å². The maximum absolute atomic E-state index is 9.46. The van der Waals surface area contributed by atoms with Crippen molar-refractivity contribution >= 4 is 0 Å². The third-order valence-corrected chi connectivity index (χ3v) is 4.53. The van der Waals surface area contributed by atoms with Crippen LogP contribution >= 0.6 is 0 Å². The van der Waals surface area contributed by atoms with Gasteiger partial charge in [0.1, 0.15) is 0 Å². The minimum Gasteiger partial charge on any atom is -0.393 e. The second-order valence-electron chi connectivity index (χ2n) is 6.02. The van der Waals surface area contributed by atoms with E-state index in [9.17, 15) is 5.11 Å². The van der Waals surface area contributed by atoms with Crippen LogP contribution in [0.3, 0.4) is 0 Å². The molecule has 0 aliphatic heterocycles. The zero-order chi connectivity index (χ0) is 11.4. The molecule has 2 fully saturated rings. The van der Waals surface area contributed by atoms with E-state index in [2.05, 4.69) is 11.9 Å². The molecular formula is C14H27NO. The number of rotatable bonds is 5. The summed E-state index contributed by atoms with van der Waals surface area (Å²) >= 11 is 0. The van der Waals surface area contributed by atoms with Crippen molar-refractivity contribution < 1.29 is 5.11 Å². The van der Waals surface area contributed by atoms with Crippen molar-refractivity contribution in [3.8, 4) is 0 Å². The van der Waals surface area contributed by atoms with E-state index in [1.807, 2.05) is 0 Å². The van der Waals surface area contributed by atoms with Crippen LogP contribution in [0.4, 0.5) is 0 Å². The van der Waals surface area contributed by atoms with E-state index in [0.717, 1.165) is 24.7 Å². The molecule has 2 heteroatoms. The highest BCUT2D eigenvalue weighted by molar-refractivity contribution is 4.75. The van der Waals surface area contributed by atoms with E-state index in [0.29, 0.717) is 0 Å². The number of nitrogens with zero attached hydrogens (tertiary/aromatic N) is 1. The highest BCUT2D eigenvalue weighted by Gasteiger charge is 2.21. The summed E-state index contributed by atoms with van der Waals surface area (Å²) in [6, 6.07) is 0. The standard InChI is InChI=1S/C14H27NO/c1-15(10-9-12-3-2-4-12)11-13-5-7-14(16)8-6-13/h12-14,16H,2-11H2,1H3. The minimum atomic E-state index is -0.00321. The predicted octanol–water partition coefficient (Wildman–Crippen LogP) is 2.66. The van der Waals surface area contributed by atoms with Gasteiger partial charge in [-0.1, -0.05) is 19.3 Å². The third kappa shape index (κ3) is 3.74. The van der Waals surface area contributed by atoms with E-state index < -0.39 is 0 Å². The van der Waals surface area contributed by atoms with Crippen molar-refractivity contribution in [2.75, 3.05) is 20.1 Å². The topological polar surface area (TPSA) is 23.5 Å². The zero-order valence-corrected chi connectivity index (χ0v) is 10.7. The Morgan fingerprint density at radius 2 is 1.69 bits per heavy atom. The highest BCUT2D eigenvalue weighted by atomic mass is 16.3. The van der Waals surface area contributed by atoms with Crippen molar-refractivity contribution in [2.45, 2.75) is 57.5 Å². The lowest BCUT2D eigenvalue weighted by atomic mass is 9.83. The van der Waals surface area contributed by atoms with Crippen LogP contribution in [0, 0.1) is 11.8 Å². The molecule has 2 rings (SSSR count). The van der Waals surface area contributed by atoms with Gasteiger partial charge in [0.05, 0.1) is 6.10 Å². The number of aliphatic hydroxyl groups is 1. The van der Waals surface area contributed by atoms with E-state index in [-0.39, 0.29) is 6.10 Å². The Morgan fingerprint density at radius 3 is 2.25 bits per heavy atom. The summed E-state index contributed by atoms with van der Waals surface area (Å²) in [7, 11) is 2.27. The van der Waals surface area contributed by atoms with Crippen molar-refractivity contribution in [3.63, 3.8) is 0 Å². The summed E-state index contributed by atoms with van der Waals surface area (Å²) < 4.78 is 0. The molecule has 16 heavy (non-hydrogen) atoms. The maximum atomic E-state index is 9.46. The SMILES string of the molecule is CN(CCC1CCC1)CC1CCC(O)CC1. The van der Waals surface area contributed by atoms with Crippen LogP contribution in [0.25, 0.3) is 0 Å². The lowest BCUT2D eigenvalue weighted by molar-refractivity contribution is 0.0960. The molecule has 0 aromatic carbocycles. The fourth-order valence-electron chi connectivity index (χ4n) is 3.04.